The number of carboxylic acids is 1. The molecule has 15 heavy (non-hydrogen) atoms. The maximum atomic E-state index is 10.5. The van der Waals surface area contributed by atoms with Gasteiger partial charge in [-0.15, -0.1) is 0 Å². The highest BCUT2D eigenvalue weighted by molar-refractivity contribution is 6.33. The number of carbonyl (C=O) groups is 1. The van der Waals surface area contributed by atoms with E-state index in [-0.39, 0.29) is 6.42 Å². The zero-order chi connectivity index (χ0) is 11.0. The van der Waals surface area contributed by atoms with Crippen LogP contribution in [0.3, 0.4) is 0 Å². The van der Waals surface area contributed by atoms with Crippen molar-refractivity contribution in [1.82, 2.24) is 9.38 Å². The van der Waals surface area contributed by atoms with Gasteiger partial charge >= 0.3 is 5.97 Å². The number of nitrogens with zero attached hydrogens (tertiary/aromatic N) is 2. The van der Waals surface area contributed by atoms with Crippen LogP contribution < -0.4 is 5.73 Å². The molecule has 0 fully saturated rings. The van der Waals surface area contributed by atoms with E-state index in [0.29, 0.717) is 22.1 Å². The van der Waals surface area contributed by atoms with Gasteiger partial charge in [0.05, 0.1) is 22.8 Å². The van der Waals surface area contributed by atoms with E-state index in [4.69, 9.17) is 22.4 Å². The molecule has 0 aliphatic heterocycles. The van der Waals surface area contributed by atoms with Gasteiger partial charge in [0, 0.05) is 18.5 Å². The van der Waals surface area contributed by atoms with Crippen molar-refractivity contribution >= 4 is 28.9 Å². The van der Waals surface area contributed by atoms with Crippen LogP contribution >= 0.6 is 11.6 Å². The van der Waals surface area contributed by atoms with Gasteiger partial charge < -0.3 is 15.2 Å². The molecular weight excluding hydrogens is 218 g/mol. The number of fused-ring (bicyclic) bond motifs is 1. The van der Waals surface area contributed by atoms with Crippen molar-refractivity contribution in [2.45, 2.75) is 6.42 Å². The van der Waals surface area contributed by atoms with E-state index in [1.165, 1.54) is 0 Å². The van der Waals surface area contributed by atoms with Crippen LogP contribution in [0.1, 0.15) is 5.69 Å². The van der Waals surface area contributed by atoms with Gasteiger partial charge in [0.2, 0.25) is 0 Å². The normalized spacial score (nSPS) is 10.7. The molecule has 0 bridgehead atoms. The molecule has 2 aromatic heterocycles. The highest BCUT2D eigenvalue weighted by Crippen LogP contribution is 2.20. The Morgan fingerprint density at radius 3 is 3.00 bits per heavy atom. The summed E-state index contributed by atoms with van der Waals surface area (Å²) >= 11 is 5.81. The van der Waals surface area contributed by atoms with E-state index < -0.39 is 5.97 Å². The minimum absolute atomic E-state index is 0.112. The highest BCUT2D eigenvalue weighted by atomic mass is 35.5. The molecule has 0 saturated carbocycles. The SMILES string of the molecule is Nc1cn2cc(CC(=O)O)nc2cc1Cl. The fourth-order valence-corrected chi connectivity index (χ4v) is 1.47. The van der Waals surface area contributed by atoms with E-state index in [9.17, 15) is 4.79 Å². The van der Waals surface area contributed by atoms with Crippen molar-refractivity contribution in [1.29, 1.82) is 0 Å². The monoisotopic (exact) mass is 225 g/mol. The lowest BCUT2D eigenvalue weighted by Crippen LogP contribution is -1.99. The molecule has 0 atom stereocenters. The van der Waals surface area contributed by atoms with Gasteiger partial charge in [0.25, 0.3) is 0 Å². The molecule has 0 radical (unpaired) electrons. The number of pyridine rings is 1. The first-order valence-electron chi connectivity index (χ1n) is 4.20. The lowest BCUT2D eigenvalue weighted by atomic mass is 10.3. The minimum Gasteiger partial charge on any atom is -0.481 e. The number of aromatic nitrogens is 2. The summed E-state index contributed by atoms with van der Waals surface area (Å²) in [7, 11) is 0. The van der Waals surface area contributed by atoms with E-state index >= 15 is 0 Å². The van der Waals surface area contributed by atoms with Gasteiger partial charge in [0.15, 0.2) is 0 Å². The van der Waals surface area contributed by atoms with Gasteiger partial charge in [-0.2, -0.15) is 0 Å². The number of carboxylic acid groups (broad SMARTS) is 1. The largest absolute Gasteiger partial charge is 0.481 e. The summed E-state index contributed by atoms with van der Waals surface area (Å²) in [5.41, 5.74) is 7.10. The Morgan fingerprint density at radius 2 is 2.33 bits per heavy atom. The molecule has 0 aliphatic carbocycles. The maximum absolute atomic E-state index is 10.5. The van der Waals surface area contributed by atoms with Crippen molar-refractivity contribution in [3.63, 3.8) is 0 Å². The summed E-state index contributed by atoms with van der Waals surface area (Å²) in [6.45, 7) is 0. The molecule has 2 aromatic rings. The average molecular weight is 226 g/mol. The summed E-state index contributed by atoms with van der Waals surface area (Å²) in [4.78, 5) is 14.6. The summed E-state index contributed by atoms with van der Waals surface area (Å²) in [6, 6.07) is 1.60. The molecule has 5 nitrogen and oxygen atoms in total. The number of halogens is 1. The van der Waals surface area contributed by atoms with E-state index in [1.807, 2.05) is 0 Å². The van der Waals surface area contributed by atoms with Crippen LogP contribution in [-0.2, 0) is 11.2 Å². The van der Waals surface area contributed by atoms with E-state index in [1.54, 1.807) is 22.9 Å². The lowest BCUT2D eigenvalue weighted by molar-refractivity contribution is -0.136. The van der Waals surface area contributed by atoms with E-state index in [0.717, 1.165) is 0 Å². The standard InChI is InChI=1S/C9H8ClN3O2/c10-6-2-8-12-5(1-9(14)15)3-13(8)4-7(6)11/h2-4H,1,11H2,(H,14,15). The third-order valence-electron chi connectivity index (χ3n) is 1.95. The van der Waals surface area contributed by atoms with Gasteiger partial charge in [-0.3, -0.25) is 4.79 Å². The zero-order valence-electron chi connectivity index (χ0n) is 7.64. The number of hydrogen-bond donors (Lipinski definition) is 2. The molecule has 0 amide bonds. The Labute approximate surface area is 90.1 Å². The third-order valence-corrected chi connectivity index (χ3v) is 2.28. The number of anilines is 1. The van der Waals surface area contributed by atoms with Gasteiger partial charge in [0.1, 0.15) is 5.65 Å². The first-order valence-corrected chi connectivity index (χ1v) is 4.58. The topological polar surface area (TPSA) is 80.6 Å². The van der Waals surface area contributed by atoms with Crippen molar-refractivity contribution in [3.05, 3.63) is 29.2 Å². The van der Waals surface area contributed by atoms with Gasteiger partial charge in [-0.05, 0) is 0 Å². The van der Waals surface area contributed by atoms with Crippen LogP contribution in [0.15, 0.2) is 18.5 Å². The Hall–Kier alpha value is -1.75. The number of imidazole rings is 1. The summed E-state index contributed by atoms with van der Waals surface area (Å²) < 4.78 is 1.65. The number of aliphatic carboxylic acids is 1. The summed E-state index contributed by atoms with van der Waals surface area (Å²) in [5, 5.41) is 9.01. The Bertz CT molecular complexity index is 496. The summed E-state index contributed by atoms with van der Waals surface area (Å²) in [6.07, 6.45) is 3.12. The second kappa shape index (κ2) is 3.43. The second-order valence-corrected chi connectivity index (χ2v) is 3.55. The Balaban J connectivity index is 2.51. The van der Waals surface area contributed by atoms with Crippen molar-refractivity contribution < 1.29 is 9.90 Å². The van der Waals surface area contributed by atoms with Crippen molar-refractivity contribution in [3.8, 4) is 0 Å². The lowest BCUT2D eigenvalue weighted by Gasteiger charge is -1.97. The maximum Gasteiger partial charge on any atom is 0.309 e. The first kappa shape index (κ1) is 9.79. The first-order chi connectivity index (χ1) is 7.06. The average Bonchev–Trinajstić information content (AvgIpc) is 2.46. The highest BCUT2D eigenvalue weighted by Gasteiger charge is 2.07. The molecule has 0 aromatic carbocycles. The molecule has 0 saturated heterocycles. The van der Waals surface area contributed by atoms with Gasteiger partial charge in [-0.25, -0.2) is 4.98 Å². The molecular formula is C9H8ClN3O2. The predicted molar refractivity (Wildman–Crippen MR) is 56.0 cm³/mol. The van der Waals surface area contributed by atoms with Crippen molar-refractivity contribution in [2.75, 3.05) is 5.73 Å². The number of hydrogen-bond acceptors (Lipinski definition) is 3. The molecule has 0 unspecified atom stereocenters. The van der Waals surface area contributed by atoms with E-state index in [2.05, 4.69) is 4.98 Å². The molecule has 0 aliphatic rings. The predicted octanol–water partition coefficient (Wildman–Crippen LogP) is 1.20. The fraction of sp³-hybridized carbons (Fsp3) is 0.111. The second-order valence-electron chi connectivity index (χ2n) is 3.14. The van der Waals surface area contributed by atoms with Crippen LogP contribution in [0.25, 0.3) is 5.65 Å². The molecule has 78 valence electrons. The Morgan fingerprint density at radius 1 is 1.60 bits per heavy atom. The van der Waals surface area contributed by atoms with Crippen LogP contribution in [0.4, 0.5) is 5.69 Å². The molecule has 0 spiro atoms. The van der Waals surface area contributed by atoms with Crippen LogP contribution in [-0.4, -0.2) is 20.5 Å². The third kappa shape index (κ3) is 1.87. The molecule has 2 rings (SSSR count). The number of nitrogens with two attached hydrogens (primary N) is 1. The minimum atomic E-state index is -0.919. The van der Waals surface area contributed by atoms with Crippen molar-refractivity contribution in [2.24, 2.45) is 0 Å². The fourth-order valence-electron chi connectivity index (χ4n) is 1.32. The molecule has 3 N–H and O–H groups in total. The number of rotatable bonds is 2. The number of nitrogen functional groups attached to an aromatic ring is 1. The quantitative estimate of drug-likeness (QED) is 0.805. The van der Waals surface area contributed by atoms with Crippen LogP contribution in [0.5, 0.6) is 0 Å². The van der Waals surface area contributed by atoms with Crippen LogP contribution in [0.2, 0.25) is 5.02 Å². The van der Waals surface area contributed by atoms with Gasteiger partial charge in [-0.1, -0.05) is 11.6 Å². The van der Waals surface area contributed by atoms with Crippen LogP contribution in [0, 0.1) is 0 Å². The molecule has 2 heterocycles. The zero-order valence-corrected chi connectivity index (χ0v) is 8.40. The Kier molecular flexibility index (Phi) is 2.24. The molecule has 6 heteroatoms. The summed E-state index contributed by atoms with van der Waals surface area (Å²) in [5.74, 6) is -0.919. The smallest absolute Gasteiger partial charge is 0.309 e.